The summed E-state index contributed by atoms with van der Waals surface area (Å²) in [7, 11) is -3.52. The Hall–Kier alpha value is -1.76. The molecule has 0 radical (unpaired) electrons. The number of rotatable bonds is 5. The van der Waals surface area contributed by atoms with Crippen molar-refractivity contribution in [3.8, 4) is 0 Å². The van der Waals surface area contributed by atoms with Gasteiger partial charge in [0.05, 0.1) is 11.4 Å². The van der Waals surface area contributed by atoms with E-state index in [4.69, 9.17) is 0 Å². The first-order valence-electron chi connectivity index (χ1n) is 5.02. The molecule has 1 aromatic heterocycles. The van der Waals surface area contributed by atoms with Gasteiger partial charge in [0.15, 0.2) is 0 Å². The highest BCUT2D eigenvalue weighted by molar-refractivity contribution is 7.90. The Bertz CT molecular complexity index is 497. The van der Waals surface area contributed by atoms with Crippen LogP contribution in [0.5, 0.6) is 0 Å². The first kappa shape index (κ1) is 13.3. The number of sulfonamides is 1. The van der Waals surface area contributed by atoms with Gasteiger partial charge in [-0.3, -0.25) is 4.79 Å². The number of carbonyl (C=O) groups is 1. The second-order valence-electron chi connectivity index (χ2n) is 3.25. The number of aromatic nitrogens is 2. The summed E-state index contributed by atoms with van der Waals surface area (Å²) in [5.74, 6) is -0.753. The van der Waals surface area contributed by atoms with Gasteiger partial charge in [-0.1, -0.05) is 6.92 Å². The summed E-state index contributed by atoms with van der Waals surface area (Å²) in [5, 5.41) is 0. The van der Waals surface area contributed by atoms with Crippen molar-refractivity contribution < 1.29 is 13.2 Å². The zero-order valence-corrected chi connectivity index (χ0v) is 10.1. The fourth-order valence-electron chi connectivity index (χ4n) is 1.07. The fourth-order valence-corrected chi connectivity index (χ4v) is 2.08. The highest BCUT2D eigenvalue weighted by Crippen LogP contribution is 1.95. The van der Waals surface area contributed by atoms with Gasteiger partial charge >= 0.3 is 0 Å². The molecule has 17 heavy (non-hydrogen) atoms. The Morgan fingerprint density at radius 3 is 2.88 bits per heavy atom. The van der Waals surface area contributed by atoms with E-state index in [2.05, 4.69) is 9.97 Å². The van der Waals surface area contributed by atoms with Crippen molar-refractivity contribution in [2.75, 3.05) is 5.75 Å². The van der Waals surface area contributed by atoms with Crippen LogP contribution in [0.2, 0.25) is 0 Å². The van der Waals surface area contributed by atoms with Crippen molar-refractivity contribution in [1.82, 2.24) is 14.7 Å². The molecular formula is C10H13N3O3S. The van der Waals surface area contributed by atoms with E-state index in [0.29, 0.717) is 12.1 Å². The molecule has 0 saturated heterocycles. The smallest absolute Gasteiger partial charge is 0.257 e. The van der Waals surface area contributed by atoms with Gasteiger partial charge < -0.3 is 0 Å². The Kier molecular flexibility index (Phi) is 4.77. The third-order valence-electron chi connectivity index (χ3n) is 1.74. The van der Waals surface area contributed by atoms with Crippen LogP contribution in [-0.2, 0) is 14.8 Å². The SMILES string of the molecule is CCCS(=O)(=O)NC(=O)C=Cc1ccncn1. The van der Waals surface area contributed by atoms with E-state index in [0.717, 1.165) is 6.08 Å². The minimum absolute atomic E-state index is 0.0694. The molecule has 0 aliphatic heterocycles. The van der Waals surface area contributed by atoms with Crippen LogP contribution in [0.3, 0.4) is 0 Å². The van der Waals surface area contributed by atoms with Crippen LogP contribution in [0, 0.1) is 0 Å². The number of amides is 1. The molecule has 0 fully saturated rings. The molecule has 0 saturated carbocycles. The van der Waals surface area contributed by atoms with Crippen molar-refractivity contribution in [2.45, 2.75) is 13.3 Å². The number of hydrogen-bond donors (Lipinski definition) is 1. The Balaban J connectivity index is 2.59. The summed E-state index contributed by atoms with van der Waals surface area (Å²) in [4.78, 5) is 18.9. The second-order valence-corrected chi connectivity index (χ2v) is 5.09. The predicted octanol–water partition coefficient (Wildman–Crippen LogP) is 0.346. The van der Waals surface area contributed by atoms with Crippen molar-refractivity contribution in [2.24, 2.45) is 0 Å². The van der Waals surface area contributed by atoms with E-state index in [1.54, 1.807) is 13.0 Å². The Labute approximate surface area is 99.8 Å². The number of carbonyl (C=O) groups excluding carboxylic acids is 1. The third-order valence-corrected chi connectivity index (χ3v) is 3.20. The molecule has 92 valence electrons. The highest BCUT2D eigenvalue weighted by atomic mass is 32.2. The largest absolute Gasteiger partial charge is 0.269 e. The molecule has 0 aliphatic rings. The molecule has 0 bridgehead atoms. The van der Waals surface area contributed by atoms with Gasteiger partial charge in [0.1, 0.15) is 6.33 Å². The molecule has 1 heterocycles. The lowest BCUT2D eigenvalue weighted by Crippen LogP contribution is -2.30. The molecule has 1 aromatic rings. The van der Waals surface area contributed by atoms with Gasteiger partial charge in [-0.2, -0.15) is 0 Å². The van der Waals surface area contributed by atoms with Gasteiger partial charge in [-0.15, -0.1) is 0 Å². The lowest BCUT2D eigenvalue weighted by Gasteiger charge is -2.01. The first-order valence-corrected chi connectivity index (χ1v) is 6.67. The molecular weight excluding hydrogens is 242 g/mol. The molecule has 1 N–H and O–H groups in total. The summed E-state index contributed by atoms with van der Waals surface area (Å²) >= 11 is 0. The first-order chi connectivity index (χ1) is 8.03. The fraction of sp³-hybridized carbons (Fsp3) is 0.300. The zero-order valence-electron chi connectivity index (χ0n) is 9.33. The van der Waals surface area contributed by atoms with Crippen molar-refractivity contribution in [3.63, 3.8) is 0 Å². The standard InChI is InChI=1S/C10H13N3O3S/c1-2-7-17(15,16)13-10(14)4-3-9-5-6-11-8-12-9/h3-6,8H,2,7H2,1H3,(H,13,14). The van der Waals surface area contributed by atoms with Crippen LogP contribution in [0.1, 0.15) is 19.0 Å². The summed E-state index contributed by atoms with van der Waals surface area (Å²) in [5.41, 5.74) is 0.531. The molecule has 7 heteroatoms. The topological polar surface area (TPSA) is 89.0 Å². The zero-order chi connectivity index (χ0) is 12.7. The van der Waals surface area contributed by atoms with Gasteiger partial charge in [0.25, 0.3) is 5.91 Å². The minimum Gasteiger partial charge on any atom is -0.269 e. The van der Waals surface area contributed by atoms with E-state index < -0.39 is 15.9 Å². The maximum absolute atomic E-state index is 11.3. The number of nitrogens with zero attached hydrogens (tertiary/aromatic N) is 2. The predicted molar refractivity (Wildman–Crippen MR) is 63.3 cm³/mol. The molecule has 6 nitrogen and oxygen atoms in total. The van der Waals surface area contributed by atoms with Gasteiger partial charge in [-0.25, -0.2) is 23.1 Å². The van der Waals surface area contributed by atoms with E-state index in [9.17, 15) is 13.2 Å². The number of hydrogen-bond acceptors (Lipinski definition) is 5. The summed E-state index contributed by atoms with van der Waals surface area (Å²) in [6, 6.07) is 1.60. The van der Waals surface area contributed by atoms with Crippen molar-refractivity contribution in [3.05, 3.63) is 30.4 Å². The highest BCUT2D eigenvalue weighted by Gasteiger charge is 2.10. The maximum Gasteiger partial charge on any atom is 0.257 e. The van der Waals surface area contributed by atoms with Crippen LogP contribution >= 0.6 is 0 Å². The van der Waals surface area contributed by atoms with Crippen molar-refractivity contribution in [1.29, 1.82) is 0 Å². The molecule has 0 unspecified atom stereocenters. The molecule has 0 spiro atoms. The van der Waals surface area contributed by atoms with Crippen LogP contribution in [0.25, 0.3) is 6.08 Å². The Morgan fingerprint density at radius 2 is 2.29 bits per heavy atom. The average Bonchev–Trinajstić information content (AvgIpc) is 2.27. The minimum atomic E-state index is -3.52. The maximum atomic E-state index is 11.3. The van der Waals surface area contributed by atoms with Gasteiger partial charge in [0, 0.05) is 12.3 Å². The van der Waals surface area contributed by atoms with Crippen molar-refractivity contribution >= 4 is 22.0 Å². The summed E-state index contributed by atoms with van der Waals surface area (Å²) < 4.78 is 24.5. The van der Waals surface area contributed by atoms with Crippen LogP contribution in [0.4, 0.5) is 0 Å². The van der Waals surface area contributed by atoms with Gasteiger partial charge in [-0.05, 0) is 18.6 Å². The Morgan fingerprint density at radius 1 is 1.53 bits per heavy atom. The number of nitrogens with one attached hydrogen (secondary N) is 1. The van der Waals surface area contributed by atoms with Crippen LogP contribution in [-0.4, -0.2) is 30.0 Å². The van der Waals surface area contributed by atoms with E-state index in [1.807, 2.05) is 4.72 Å². The molecule has 1 rings (SSSR count). The van der Waals surface area contributed by atoms with Crippen LogP contribution in [0.15, 0.2) is 24.7 Å². The monoisotopic (exact) mass is 255 g/mol. The lowest BCUT2D eigenvalue weighted by molar-refractivity contribution is -0.114. The molecule has 1 amide bonds. The quantitative estimate of drug-likeness (QED) is 0.767. The van der Waals surface area contributed by atoms with E-state index in [-0.39, 0.29) is 5.75 Å². The van der Waals surface area contributed by atoms with Gasteiger partial charge in [0.2, 0.25) is 10.0 Å². The third kappa shape index (κ3) is 5.21. The summed E-state index contributed by atoms with van der Waals surface area (Å²) in [6.07, 6.45) is 5.86. The normalized spacial score (nSPS) is 11.6. The van der Waals surface area contributed by atoms with E-state index >= 15 is 0 Å². The second kappa shape index (κ2) is 6.09. The molecule has 0 atom stereocenters. The van der Waals surface area contributed by atoms with Crippen LogP contribution < -0.4 is 4.72 Å². The average molecular weight is 255 g/mol. The summed E-state index contributed by atoms with van der Waals surface area (Å²) in [6.45, 7) is 1.72. The lowest BCUT2D eigenvalue weighted by atomic mass is 10.3. The molecule has 0 aliphatic carbocycles. The molecule has 0 aromatic carbocycles. The van der Waals surface area contributed by atoms with E-state index in [1.165, 1.54) is 18.6 Å².